The van der Waals surface area contributed by atoms with E-state index < -0.39 is 0 Å². The Kier molecular flexibility index (Phi) is 3.33. The summed E-state index contributed by atoms with van der Waals surface area (Å²) in [4.78, 5) is 1.86. The highest BCUT2D eigenvalue weighted by molar-refractivity contribution is 9.10. The molecule has 0 bridgehead atoms. The normalized spacial score (nSPS) is 10.4. The van der Waals surface area contributed by atoms with E-state index in [2.05, 4.69) is 31.4 Å². The maximum atomic E-state index is 13.6. The first-order valence-electron chi connectivity index (χ1n) is 5.01. The van der Waals surface area contributed by atoms with Crippen molar-refractivity contribution in [2.75, 3.05) is 24.3 Å². The number of hydrogen-bond donors (Lipinski definition) is 2. The van der Waals surface area contributed by atoms with E-state index in [0.717, 1.165) is 5.82 Å². The third-order valence-electron chi connectivity index (χ3n) is 2.22. The molecule has 0 saturated carbocycles. The summed E-state index contributed by atoms with van der Waals surface area (Å²) in [5.74, 6) is 1.11. The average Bonchev–Trinajstić information content (AvgIpc) is 2.71. The molecule has 0 aliphatic carbocycles. The van der Waals surface area contributed by atoms with Gasteiger partial charge in [-0.3, -0.25) is 5.10 Å². The SMILES string of the molecule is CN(C)c1cc(Nc2ccc(Br)cc2F)[nH]n1. The van der Waals surface area contributed by atoms with Crippen molar-refractivity contribution in [3.63, 3.8) is 0 Å². The first-order valence-corrected chi connectivity index (χ1v) is 5.80. The largest absolute Gasteiger partial charge is 0.361 e. The molecule has 6 heteroatoms. The van der Waals surface area contributed by atoms with Gasteiger partial charge in [0.05, 0.1) is 5.69 Å². The first-order chi connectivity index (χ1) is 8.06. The molecule has 2 N–H and O–H groups in total. The van der Waals surface area contributed by atoms with Gasteiger partial charge < -0.3 is 10.2 Å². The monoisotopic (exact) mass is 298 g/mol. The van der Waals surface area contributed by atoms with Gasteiger partial charge in [-0.2, -0.15) is 5.10 Å². The van der Waals surface area contributed by atoms with Crippen LogP contribution in [0.2, 0.25) is 0 Å². The molecule has 2 rings (SSSR count). The second-order valence-corrected chi connectivity index (χ2v) is 4.70. The highest BCUT2D eigenvalue weighted by Gasteiger charge is 2.06. The number of halogens is 2. The molecule has 1 aromatic heterocycles. The Balaban J connectivity index is 2.19. The van der Waals surface area contributed by atoms with Crippen LogP contribution in [0.4, 0.5) is 21.7 Å². The zero-order chi connectivity index (χ0) is 12.4. The lowest BCUT2D eigenvalue weighted by Crippen LogP contribution is -2.08. The smallest absolute Gasteiger partial charge is 0.152 e. The number of nitrogens with one attached hydrogen (secondary N) is 2. The number of hydrogen-bond acceptors (Lipinski definition) is 3. The lowest BCUT2D eigenvalue weighted by Gasteiger charge is -2.06. The summed E-state index contributed by atoms with van der Waals surface area (Å²) < 4.78 is 14.3. The molecule has 0 aliphatic rings. The van der Waals surface area contributed by atoms with Crippen molar-refractivity contribution < 1.29 is 4.39 Å². The molecule has 17 heavy (non-hydrogen) atoms. The summed E-state index contributed by atoms with van der Waals surface area (Å²) in [6, 6.07) is 6.65. The van der Waals surface area contributed by atoms with E-state index in [4.69, 9.17) is 0 Å². The third-order valence-corrected chi connectivity index (χ3v) is 2.72. The number of H-pyrrole nitrogens is 1. The number of nitrogens with zero attached hydrogens (tertiary/aromatic N) is 2. The zero-order valence-corrected chi connectivity index (χ0v) is 11.0. The quantitative estimate of drug-likeness (QED) is 0.915. The Morgan fingerprint density at radius 2 is 2.12 bits per heavy atom. The van der Waals surface area contributed by atoms with Gasteiger partial charge in [-0.1, -0.05) is 15.9 Å². The van der Waals surface area contributed by atoms with E-state index in [0.29, 0.717) is 16.0 Å². The van der Waals surface area contributed by atoms with Gasteiger partial charge in [0.1, 0.15) is 11.6 Å². The summed E-state index contributed by atoms with van der Waals surface area (Å²) in [6.45, 7) is 0. The molecule has 1 heterocycles. The second-order valence-electron chi connectivity index (χ2n) is 3.78. The summed E-state index contributed by atoms with van der Waals surface area (Å²) in [5, 5.41) is 9.80. The minimum Gasteiger partial charge on any atom is -0.361 e. The van der Waals surface area contributed by atoms with E-state index in [9.17, 15) is 4.39 Å². The van der Waals surface area contributed by atoms with Crippen molar-refractivity contribution in [2.45, 2.75) is 0 Å². The van der Waals surface area contributed by atoms with Crippen LogP contribution in [0.25, 0.3) is 0 Å². The fourth-order valence-corrected chi connectivity index (χ4v) is 1.67. The number of aromatic amines is 1. The van der Waals surface area contributed by atoms with Gasteiger partial charge in [0, 0.05) is 24.6 Å². The minimum atomic E-state index is -0.319. The first kappa shape index (κ1) is 11.9. The highest BCUT2D eigenvalue weighted by atomic mass is 79.9. The van der Waals surface area contributed by atoms with Crippen LogP contribution in [0.5, 0.6) is 0 Å². The molecule has 0 saturated heterocycles. The zero-order valence-electron chi connectivity index (χ0n) is 9.46. The molecular weight excluding hydrogens is 287 g/mol. The molecular formula is C11H12BrFN4. The molecule has 0 amide bonds. The van der Waals surface area contributed by atoms with E-state index in [1.54, 1.807) is 12.1 Å². The van der Waals surface area contributed by atoms with Crippen LogP contribution >= 0.6 is 15.9 Å². The summed E-state index contributed by atoms with van der Waals surface area (Å²) >= 11 is 3.21. The molecule has 0 fully saturated rings. The van der Waals surface area contributed by atoms with Crippen LogP contribution in [0.1, 0.15) is 0 Å². The van der Waals surface area contributed by atoms with Crippen LogP contribution in [-0.2, 0) is 0 Å². The predicted molar refractivity (Wildman–Crippen MR) is 70.3 cm³/mol. The maximum absolute atomic E-state index is 13.6. The fourth-order valence-electron chi connectivity index (χ4n) is 1.34. The molecule has 4 nitrogen and oxygen atoms in total. The van der Waals surface area contributed by atoms with E-state index in [1.165, 1.54) is 6.07 Å². The van der Waals surface area contributed by atoms with Crippen LogP contribution in [0.15, 0.2) is 28.7 Å². The Labute approximate surface area is 107 Å². The Bertz CT molecular complexity index is 524. The predicted octanol–water partition coefficient (Wildman–Crippen LogP) is 3.12. The number of anilines is 3. The summed E-state index contributed by atoms with van der Waals surface area (Å²) in [5.41, 5.74) is 0.405. The van der Waals surface area contributed by atoms with Gasteiger partial charge in [0.25, 0.3) is 0 Å². The Morgan fingerprint density at radius 1 is 1.35 bits per heavy atom. The van der Waals surface area contributed by atoms with Crippen molar-refractivity contribution in [2.24, 2.45) is 0 Å². The van der Waals surface area contributed by atoms with Gasteiger partial charge in [-0.05, 0) is 18.2 Å². The van der Waals surface area contributed by atoms with Crippen LogP contribution in [0.3, 0.4) is 0 Å². The van der Waals surface area contributed by atoms with E-state index in [1.807, 2.05) is 25.1 Å². The second kappa shape index (κ2) is 4.75. The Morgan fingerprint density at radius 3 is 2.71 bits per heavy atom. The van der Waals surface area contributed by atoms with Crippen molar-refractivity contribution in [3.8, 4) is 0 Å². The van der Waals surface area contributed by atoms with Gasteiger partial charge in [0.2, 0.25) is 0 Å². The molecule has 0 radical (unpaired) electrons. The molecule has 90 valence electrons. The van der Waals surface area contributed by atoms with Gasteiger partial charge in [-0.15, -0.1) is 0 Å². The molecule has 0 atom stereocenters. The fraction of sp³-hybridized carbons (Fsp3) is 0.182. The topological polar surface area (TPSA) is 44.0 Å². The summed E-state index contributed by atoms with van der Waals surface area (Å²) in [6.07, 6.45) is 0. The van der Waals surface area contributed by atoms with Crippen LogP contribution in [0, 0.1) is 5.82 Å². The lowest BCUT2D eigenvalue weighted by molar-refractivity contribution is 0.631. The maximum Gasteiger partial charge on any atom is 0.152 e. The lowest BCUT2D eigenvalue weighted by atomic mass is 10.3. The van der Waals surface area contributed by atoms with Gasteiger partial charge in [-0.25, -0.2) is 4.39 Å². The van der Waals surface area contributed by atoms with Crippen LogP contribution < -0.4 is 10.2 Å². The van der Waals surface area contributed by atoms with E-state index >= 15 is 0 Å². The van der Waals surface area contributed by atoms with Crippen molar-refractivity contribution >= 4 is 33.3 Å². The van der Waals surface area contributed by atoms with Crippen molar-refractivity contribution in [1.29, 1.82) is 0 Å². The van der Waals surface area contributed by atoms with Crippen molar-refractivity contribution in [3.05, 3.63) is 34.6 Å². The molecule has 0 spiro atoms. The summed E-state index contributed by atoms with van der Waals surface area (Å²) in [7, 11) is 3.78. The van der Waals surface area contributed by atoms with E-state index in [-0.39, 0.29) is 5.82 Å². The highest BCUT2D eigenvalue weighted by Crippen LogP contribution is 2.23. The minimum absolute atomic E-state index is 0.319. The van der Waals surface area contributed by atoms with Gasteiger partial charge >= 0.3 is 0 Å². The Hall–Kier alpha value is -1.56. The molecule has 0 unspecified atom stereocenters. The molecule has 1 aromatic carbocycles. The number of benzene rings is 1. The standard InChI is InChI=1S/C11H12BrFN4/c1-17(2)11-6-10(15-16-11)14-9-4-3-7(12)5-8(9)13/h3-6H,1-2H3,(H2,14,15,16). The van der Waals surface area contributed by atoms with Crippen LogP contribution in [-0.4, -0.2) is 24.3 Å². The number of rotatable bonds is 3. The van der Waals surface area contributed by atoms with Crippen molar-refractivity contribution in [1.82, 2.24) is 10.2 Å². The van der Waals surface area contributed by atoms with Gasteiger partial charge in [0.15, 0.2) is 5.82 Å². The molecule has 2 aromatic rings. The molecule has 0 aliphatic heterocycles. The number of aromatic nitrogens is 2. The third kappa shape index (κ3) is 2.76. The average molecular weight is 299 g/mol.